The van der Waals surface area contributed by atoms with Gasteiger partial charge < -0.3 is 9.64 Å². The zero-order valence-electron chi connectivity index (χ0n) is 13.9. The summed E-state index contributed by atoms with van der Waals surface area (Å²) in [5.41, 5.74) is 1.83. The number of ether oxygens (including phenoxy) is 1. The van der Waals surface area contributed by atoms with E-state index in [9.17, 15) is 8.42 Å². The number of hydrogen-bond acceptors (Lipinski definition) is 6. The lowest BCUT2D eigenvalue weighted by atomic mass is 10.2. The molecule has 0 unspecified atom stereocenters. The Kier molecular flexibility index (Phi) is 4.77. The maximum atomic E-state index is 12.6. The van der Waals surface area contributed by atoms with E-state index >= 15 is 0 Å². The lowest BCUT2D eigenvalue weighted by Gasteiger charge is -2.26. The molecule has 1 aromatic heterocycles. The van der Waals surface area contributed by atoms with E-state index in [2.05, 4.69) is 4.90 Å². The molecule has 0 spiro atoms. The van der Waals surface area contributed by atoms with Crippen LogP contribution >= 0.6 is 11.3 Å². The first-order valence-electron chi connectivity index (χ1n) is 8.53. The second-order valence-electron chi connectivity index (χ2n) is 6.25. The Balaban J connectivity index is 1.53. The molecule has 2 aliphatic heterocycles. The molecule has 25 heavy (non-hydrogen) atoms. The molecule has 3 heterocycles. The summed E-state index contributed by atoms with van der Waals surface area (Å²) >= 11 is 1.61. The van der Waals surface area contributed by atoms with Crippen molar-refractivity contribution in [2.24, 2.45) is 0 Å². The minimum absolute atomic E-state index is 0.363. The Bertz CT molecular complexity index is 821. The SMILES string of the molecule is O=S(=O)(c1ccc(-c2csc(N3CCOCC3)n2)cc1)N1CCCC1. The molecule has 134 valence electrons. The quantitative estimate of drug-likeness (QED) is 0.816. The fourth-order valence-corrected chi connectivity index (χ4v) is 5.58. The fraction of sp³-hybridized carbons (Fsp3) is 0.471. The van der Waals surface area contributed by atoms with Gasteiger partial charge in [-0.15, -0.1) is 11.3 Å². The molecule has 0 atom stereocenters. The van der Waals surface area contributed by atoms with Gasteiger partial charge in [-0.2, -0.15) is 4.31 Å². The molecule has 0 aliphatic carbocycles. The lowest BCUT2D eigenvalue weighted by Crippen LogP contribution is -2.36. The zero-order chi connectivity index (χ0) is 17.3. The van der Waals surface area contributed by atoms with Crippen molar-refractivity contribution in [1.82, 2.24) is 9.29 Å². The smallest absolute Gasteiger partial charge is 0.243 e. The first kappa shape index (κ1) is 17.0. The van der Waals surface area contributed by atoms with Crippen LogP contribution in [0.5, 0.6) is 0 Å². The van der Waals surface area contributed by atoms with Crippen LogP contribution in [0.15, 0.2) is 34.5 Å². The van der Waals surface area contributed by atoms with Crippen molar-refractivity contribution >= 4 is 26.5 Å². The number of nitrogens with zero attached hydrogens (tertiary/aromatic N) is 3. The largest absolute Gasteiger partial charge is 0.378 e. The monoisotopic (exact) mass is 379 g/mol. The first-order valence-corrected chi connectivity index (χ1v) is 10.9. The summed E-state index contributed by atoms with van der Waals surface area (Å²) in [7, 11) is -3.36. The standard InChI is InChI=1S/C17H21N3O3S2/c21-25(22,20-7-1-2-8-20)15-5-3-14(4-6-15)16-13-24-17(18-16)19-9-11-23-12-10-19/h3-6,13H,1-2,7-12H2. The molecular formula is C17H21N3O3S2. The van der Waals surface area contributed by atoms with Gasteiger partial charge in [-0.05, 0) is 25.0 Å². The van der Waals surface area contributed by atoms with Crippen LogP contribution in [0.1, 0.15) is 12.8 Å². The maximum Gasteiger partial charge on any atom is 0.243 e. The number of anilines is 1. The van der Waals surface area contributed by atoms with Crippen molar-refractivity contribution in [3.8, 4) is 11.3 Å². The van der Waals surface area contributed by atoms with Gasteiger partial charge in [0.2, 0.25) is 10.0 Å². The summed E-state index contributed by atoms with van der Waals surface area (Å²) in [6.07, 6.45) is 1.89. The third-order valence-corrected chi connectivity index (χ3v) is 7.44. The van der Waals surface area contributed by atoms with Crippen LogP contribution in [0.3, 0.4) is 0 Å². The molecule has 8 heteroatoms. The molecule has 6 nitrogen and oxygen atoms in total. The highest BCUT2D eigenvalue weighted by atomic mass is 32.2. The molecule has 2 aliphatic rings. The molecule has 0 bridgehead atoms. The Hall–Kier alpha value is -1.48. The number of aromatic nitrogens is 1. The minimum Gasteiger partial charge on any atom is -0.378 e. The molecule has 0 radical (unpaired) electrons. The van der Waals surface area contributed by atoms with E-state index in [0.717, 1.165) is 55.5 Å². The number of benzene rings is 1. The normalized spacial score (nSPS) is 19.4. The average Bonchev–Trinajstić information content (AvgIpc) is 3.35. The molecule has 0 N–H and O–H groups in total. The minimum atomic E-state index is -3.36. The van der Waals surface area contributed by atoms with Gasteiger partial charge in [0.05, 0.1) is 23.8 Å². The number of sulfonamides is 1. The average molecular weight is 380 g/mol. The summed E-state index contributed by atoms with van der Waals surface area (Å²) in [4.78, 5) is 7.29. The van der Waals surface area contributed by atoms with Gasteiger partial charge in [-0.25, -0.2) is 13.4 Å². The molecule has 4 rings (SSSR count). The van der Waals surface area contributed by atoms with Gasteiger partial charge in [0.1, 0.15) is 0 Å². The second-order valence-corrected chi connectivity index (χ2v) is 9.02. The van der Waals surface area contributed by atoms with Crippen molar-refractivity contribution in [2.75, 3.05) is 44.3 Å². The van der Waals surface area contributed by atoms with Gasteiger partial charge in [0.25, 0.3) is 0 Å². The number of thiazole rings is 1. The van der Waals surface area contributed by atoms with Crippen LogP contribution in [0.2, 0.25) is 0 Å². The Morgan fingerprint density at radius 2 is 1.68 bits per heavy atom. The Labute approximate surface area is 152 Å². The Morgan fingerprint density at radius 1 is 1.00 bits per heavy atom. The summed E-state index contributed by atoms with van der Waals surface area (Å²) in [6, 6.07) is 7.08. The molecule has 0 saturated carbocycles. The van der Waals surface area contributed by atoms with Gasteiger partial charge in [-0.1, -0.05) is 12.1 Å². The zero-order valence-corrected chi connectivity index (χ0v) is 15.6. The van der Waals surface area contributed by atoms with Crippen molar-refractivity contribution in [3.63, 3.8) is 0 Å². The topological polar surface area (TPSA) is 62.7 Å². The van der Waals surface area contributed by atoms with E-state index < -0.39 is 10.0 Å². The van der Waals surface area contributed by atoms with Crippen LogP contribution in [0, 0.1) is 0 Å². The van der Waals surface area contributed by atoms with Crippen LogP contribution in [0.4, 0.5) is 5.13 Å². The van der Waals surface area contributed by atoms with E-state index in [1.807, 2.05) is 17.5 Å². The van der Waals surface area contributed by atoms with E-state index in [4.69, 9.17) is 9.72 Å². The van der Waals surface area contributed by atoms with Gasteiger partial charge in [0.15, 0.2) is 5.13 Å². The second kappa shape index (κ2) is 7.03. The van der Waals surface area contributed by atoms with E-state index in [1.165, 1.54) is 0 Å². The summed E-state index contributed by atoms with van der Waals surface area (Å²) in [5, 5.41) is 3.02. The first-order chi connectivity index (χ1) is 12.1. The molecular weight excluding hydrogens is 358 g/mol. The van der Waals surface area contributed by atoms with Crippen molar-refractivity contribution in [3.05, 3.63) is 29.6 Å². The van der Waals surface area contributed by atoms with Crippen molar-refractivity contribution < 1.29 is 13.2 Å². The molecule has 2 aromatic rings. The number of hydrogen-bond donors (Lipinski definition) is 0. The summed E-state index contributed by atoms with van der Waals surface area (Å²) in [6.45, 7) is 4.44. The summed E-state index contributed by atoms with van der Waals surface area (Å²) < 4.78 is 32.1. The van der Waals surface area contributed by atoms with E-state index in [1.54, 1.807) is 27.8 Å². The van der Waals surface area contributed by atoms with Crippen LogP contribution in [0.25, 0.3) is 11.3 Å². The molecule has 2 fully saturated rings. The predicted octanol–water partition coefficient (Wildman–Crippen LogP) is 2.43. The van der Waals surface area contributed by atoms with Crippen LogP contribution in [-0.2, 0) is 14.8 Å². The fourth-order valence-electron chi connectivity index (χ4n) is 3.17. The van der Waals surface area contributed by atoms with Crippen molar-refractivity contribution in [1.29, 1.82) is 0 Å². The molecule has 2 saturated heterocycles. The maximum absolute atomic E-state index is 12.6. The third-order valence-electron chi connectivity index (χ3n) is 4.63. The molecule has 0 amide bonds. The van der Waals surface area contributed by atoms with Crippen LogP contribution in [-0.4, -0.2) is 57.1 Å². The van der Waals surface area contributed by atoms with Crippen molar-refractivity contribution in [2.45, 2.75) is 17.7 Å². The number of rotatable bonds is 4. The van der Waals surface area contributed by atoms with Crippen LogP contribution < -0.4 is 4.90 Å². The molecule has 1 aromatic carbocycles. The number of morpholine rings is 1. The van der Waals surface area contributed by atoms with Gasteiger partial charge in [-0.3, -0.25) is 0 Å². The lowest BCUT2D eigenvalue weighted by molar-refractivity contribution is 0.122. The van der Waals surface area contributed by atoms with Gasteiger partial charge in [0, 0.05) is 37.1 Å². The highest BCUT2D eigenvalue weighted by molar-refractivity contribution is 7.89. The Morgan fingerprint density at radius 3 is 2.36 bits per heavy atom. The highest BCUT2D eigenvalue weighted by Crippen LogP contribution is 2.29. The summed E-state index contributed by atoms with van der Waals surface area (Å²) in [5.74, 6) is 0. The predicted molar refractivity (Wildman–Crippen MR) is 98.6 cm³/mol. The van der Waals surface area contributed by atoms with E-state index in [-0.39, 0.29) is 0 Å². The highest BCUT2D eigenvalue weighted by Gasteiger charge is 2.27. The van der Waals surface area contributed by atoms with Gasteiger partial charge >= 0.3 is 0 Å². The van der Waals surface area contributed by atoms with E-state index in [0.29, 0.717) is 18.0 Å². The third kappa shape index (κ3) is 3.44.